The van der Waals surface area contributed by atoms with Crippen LogP contribution in [-0.2, 0) is 9.31 Å². The van der Waals surface area contributed by atoms with Crippen molar-refractivity contribution in [1.82, 2.24) is 5.32 Å². The van der Waals surface area contributed by atoms with E-state index in [9.17, 15) is 8.78 Å². The molecular formula is C11H21BClF2NO2. The summed E-state index contributed by atoms with van der Waals surface area (Å²) < 4.78 is 37.4. The second kappa shape index (κ2) is 5.23. The molecule has 0 spiro atoms. The van der Waals surface area contributed by atoms with Crippen LogP contribution in [0.15, 0.2) is 0 Å². The first-order valence-corrected chi connectivity index (χ1v) is 6.09. The van der Waals surface area contributed by atoms with Gasteiger partial charge < -0.3 is 14.6 Å². The van der Waals surface area contributed by atoms with Crippen LogP contribution in [0.5, 0.6) is 0 Å². The molecular weight excluding hydrogens is 262 g/mol. The van der Waals surface area contributed by atoms with Crippen molar-refractivity contribution in [3.63, 3.8) is 0 Å². The molecule has 1 N–H and O–H groups in total. The molecule has 0 aliphatic carbocycles. The zero-order valence-corrected chi connectivity index (χ0v) is 12.0. The van der Waals surface area contributed by atoms with E-state index >= 15 is 0 Å². The predicted molar refractivity (Wildman–Crippen MR) is 69.4 cm³/mol. The van der Waals surface area contributed by atoms with Crippen LogP contribution < -0.4 is 5.32 Å². The SMILES string of the molecule is CC1(C)OB(C2CNCC2C(F)F)OC1(C)C.Cl. The lowest BCUT2D eigenvalue weighted by Crippen LogP contribution is -2.41. The van der Waals surface area contributed by atoms with Crippen molar-refractivity contribution >= 4 is 19.5 Å². The number of rotatable bonds is 2. The van der Waals surface area contributed by atoms with Gasteiger partial charge in [-0.1, -0.05) is 0 Å². The average molecular weight is 284 g/mol. The Morgan fingerprint density at radius 1 is 1.11 bits per heavy atom. The lowest BCUT2D eigenvalue weighted by atomic mass is 9.66. The maximum absolute atomic E-state index is 12.9. The summed E-state index contributed by atoms with van der Waals surface area (Å²) in [5.74, 6) is -0.944. The zero-order chi connectivity index (χ0) is 12.8. The van der Waals surface area contributed by atoms with Crippen molar-refractivity contribution in [3.8, 4) is 0 Å². The molecule has 2 heterocycles. The van der Waals surface area contributed by atoms with E-state index < -0.39 is 30.7 Å². The number of hydrogen-bond donors (Lipinski definition) is 1. The molecule has 2 aliphatic heterocycles. The van der Waals surface area contributed by atoms with Crippen molar-refractivity contribution in [2.45, 2.75) is 51.1 Å². The molecule has 2 aliphatic rings. The van der Waals surface area contributed by atoms with E-state index in [1.807, 2.05) is 27.7 Å². The normalized spacial score (nSPS) is 33.8. The minimum Gasteiger partial charge on any atom is -0.403 e. The van der Waals surface area contributed by atoms with Crippen molar-refractivity contribution < 1.29 is 18.1 Å². The molecule has 3 nitrogen and oxygen atoms in total. The second-order valence-corrected chi connectivity index (χ2v) is 5.95. The Labute approximate surface area is 114 Å². The first-order valence-electron chi connectivity index (χ1n) is 6.09. The summed E-state index contributed by atoms with van der Waals surface area (Å²) in [5, 5.41) is 3.00. The number of hydrogen-bond acceptors (Lipinski definition) is 3. The summed E-state index contributed by atoms with van der Waals surface area (Å²) in [4.78, 5) is 0. The van der Waals surface area contributed by atoms with Crippen molar-refractivity contribution in [2.75, 3.05) is 13.1 Å². The maximum atomic E-state index is 12.9. The topological polar surface area (TPSA) is 30.5 Å². The van der Waals surface area contributed by atoms with Crippen LogP contribution in [0, 0.1) is 5.92 Å². The van der Waals surface area contributed by atoms with E-state index in [0.29, 0.717) is 13.1 Å². The molecule has 0 amide bonds. The molecule has 0 radical (unpaired) electrons. The lowest BCUT2D eigenvalue weighted by Gasteiger charge is -2.32. The summed E-state index contributed by atoms with van der Waals surface area (Å²) >= 11 is 0. The fraction of sp³-hybridized carbons (Fsp3) is 1.00. The summed E-state index contributed by atoms with van der Waals surface area (Å²) in [6, 6.07) is 0. The van der Waals surface area contributed by atoms with Gasteiger partial charge in [-0.3, -0.25) is 0 Å². The molecule has 2 saturated heterocycles. The predicted octanol–water partition coefficient (Wildman–Crippen LogP) is 2.36. The standard InChI is InChI=1S/C11H20BF2NO2.ClH/c1-10(2)11(3,4)17-12(16-10)8-6-15-5-7(8)9(13)14;/h7-9,15H,5-6H2,1-4H3;1H. The molecule has 2 rings (SSSR count). The molecule has 18 heavy (non-hydrogen) atoms. The van der Waals surface area contributed by atoms with E-state index in [1.54, 1.807) is 0 Å². The summed E-state index contributed by atoms with van der Waals surface area (Å²) in [6.07, 6.45) is -2.32. The summed E-state index contributed by atoms with van der Waals surface area (Å²) in [6.45, 7) is 8.62. The molecule has 0 saturated carbocycles. The van der Waals surface area contributed by atoms with E-state index in [2.05, 4.69) is 5.32 Å². The van der Waals surface area contributed by atoms with E-state index in [1.165, 1.54) is 0 Å². The highest BCUT2D eigenvalue weighted by Gasteiger charge is 2.56. The first-order chi connectivity index (χ1) is 7.74. The second-order valence-electron chi connectivity index (χ2n) is 5.95. The third-order valence-electron chi connectivity index (χ3n) is 4.25. The monoisotopic (exact) mass is 283 g/mol. The van der Waals surface area contributed by atoms with Crippen LogP contribution in [0.3, 0.4) is 0 Å². The Kier molecular flexibility index (Phi) is 4.69. The zero-order valence-electron chi connectivity index (χ0n) is 11.2. The fourth-order valence-electron chi connectivity index (χ4n) is 2.36. The smallest absolute Gasteiger partial charge is 0.403 e. The van der Waals surface area contributed by atoms with Crippen LogP contribution in [-0.4, -0.2) is 37.8 Å². The highest BCUT2D eigenvalue weighted by atomic mass is 35.5. The Morgan fingerprint density at radius 2 is 1.61 bits per heavy atom. The Bertz CT molecular complexity index is 289. The fourth-order valence-corrected chi connectivity index (χ4v) is 2.36. The molecule has 2 fully saturated rings. The van der Waals surface area contributed by atoms with E-state index in [-0.39, 0.29) is 18.2 Å². The van der Waals surface area contributed by atoms with Gasteiger partial charge in [0, 0.05) is 18.3 Å². The number of nitrogens with one attached hydrogen (secondary N) is 1. The van der Waals surface area contributed by atoms with Gasteiger partial charge in [0.1, 0.15) is 0 Å². The molecule has 0 aromatic carbocycles. The van der Waals surface area contributed by atoms with E-state index in [4.69, 9.17) is 9.31 Å². The van der Waals surface area contributed by atoms with Crippen molar-refractivity contribution in [2.24, 2.45) is 5.92 Å². The van der Waals surface area contributed by atoms with Gasteiger partial charge in [0.05, 0.1) is 11.2 Å². The molecule has 2 atom stereocenters. The Hall–Kier alpha value is 0.0949. The van der Waals surface area contributed by atoms with Gasteiger partial charge in [0.15, 0.2) is 0 Å². The van der Waals surface area contributed by atoms with E-state index in [0.717, 1.165) is 0 Å². The van der Waals surface area contributed by atoms with Gasteiger partial charge in [-0.15, -0.1) is 12.4 Å². The summed E-state index contributed by atoms with van der Waals surface area (Å²) in [7, 11) is -0.533. The minimum atomic E-state index is -2.32. The quantitative estimate of drug-likeness (QED) is 0.789. The van der Waals surface area contributed by atoms with Crippen LogP contribution in [0.1, 0.15) is 27.7 Å². The Balaban J connectivity index is 0.00000162. The van der Waals surface area contributed by atoms with Crippen LogP contribution >= 0.6 is 12.4 Å². The van der Waals surface area contributed by atoms with Gasteiger partial charge in [-0.25, -0.2) is 8.78 Å². The first kappa shape index (κ1) is 16.2. The maximum Gasteiger partial charge on any atom is 0.463 e. The van der Waals surface area contributed by atoms with Crippen LogP contribution in [0.4, 0.5) is 8.78 Å². The van der Waals surface area contributed by atoms with Gasteiger partial charge in [0.25, 0.3) is 0 Å². The van der Waals surface area contributed by atoms with Gasteiger partial charge in [0.2, 0.25) is 6.43 Å². The molecule has 0 aromatic heterocycles. The van der Waals surface area contributed by atoms with Gasteiger partial charge in [-0.2, -0.15) is 0 Å². The molecule has 106 valence electrons. The number of alkyl halides is 2. The summed E-state index contributed by atoms with van der Waals surface area (Å²) in [5.41, 5.74) is -0.903. The van der Waals surface area contributed by atoms with Crippen LogP contribution in [0.2, 0.25) is 5.82 Å². The molecule has 0 bridgehead atoms. The van der Waals surface area contributed by atoms with Crippen molar-refractivity contribution in [3.05, 3.63) is 0 Å². The molecule has 2 unspecified atom stereocenters. The van der Waals surface area contributed by atoms with Gasteiger partial charge in [-0.05, 0) is 34.2 Å². The third kappa shape index (κ3) is 2.67. The highest BCUT2D eigenvalue weighted by Crippen LogP contribution is 2.43. The van der Waals surface area contributed by atoms with Crippen molar-refractivity contribution in [1.29, 1.82) is 0 Å². The van der Waals surface area contributed by atoms with Gasteiger partial charge >= 0.3 is 7.12 Å². The highest BCUT2D eigenvalue weighted by molar-refractivity contribution is 6.47. The molecule has 0 aromatic rings. The molecule has 7 heteroatoms. The minimum absolute atomic E-state index is 0. The largest absolute Gasteiger partial charge is 0.463 e. The lowest BCUT2D eigenvalue weighted by molar-refractivity contribution is 0.00578. The third-order valence-corrected chi connectivity index (χ3v) is 4.25. The average Bonchev–Trinajstić information content (AvgIpc) is 2.69. The Morgan fingerprint density at radius 3 is 2.06 bits per heavy atom. The number of halogens is 3. The van der Waals surface area contributed by atoms with Crippen LogP contribution in [0.25, 0.3) is 0 Å².